The Hall–Kier alpha value is -1.13. The summed E-state index contributed by atoms with van der Waals surface area (Å²) in [6.07, 6.45) is 1.75. The van der Waals surface area contributed by atoms with Crippen molar-refractivity contribution in [1.29, 1.82) is 5.41 Å². The number of nitrogens with zero attached hydrogens (tertiary/aromatic N) is 2. The summed E-state index contributed by atoms with van der Waals surface area (Å²) in [4.78, 5) is 5.80. The number of aryl methyl sites for hydroxylation is 1. The molecule has 84 valence electrons. The molecule has 0 aliphatic heterocycles. The van der Waals surface area contributed by atoms with Crippen molar-refractivity contribution >= 4 is 22.9 Å². The molecule has 2 rings (SSSR count). The number of rotatable bonds is 2. The first-order valence-corrected chi connectivity index (χ1v) is 6.09. The lowest BCUT2D eigenvalue weighted by Crippen LogP contribution is -2.15. The molecule has 16 heavy (non-hydrogen) atoms. The number of nitrogens with one attached hydrogen (secondary N) is 1. The van der Waals surface area contributed by atoms with E-state index < -0.39 is 0 Å². The molecule has 0 radical (unpaired) electrons. The Labute approximate surface area is 103 Å². The lowest BCUT2D eigenvalue weighted by Gasteiger charge is -2.05. The third-order valence-corrected chi connectivity index (χ3v) is 3.78. The van der Waals surface area contributed by atoms with Crippen molar-refractivity contribution < 1.29 is 0 Å². The van der Waals surface area contributed by atoms with Crippen molar-refractivity contribution in [2.24, 2.45) is 0 Å². The molecule has 5 heteroatoms. The predicted octanol–water partition coefficient (Wildman–Crippen LogP) is 2.74. The van der Waals surface area contributed by atoms with Gasteiger partial charge in [0, 0.05) is 16.8 Å². The lowest BCUT2D eigenvalue weighted by molar-refractivity contribution is 0.727. The molecule has 0 fully saturated rings. The second kappa shape index (κ2) is 4.39. The van der Waals surface area contributed by atoms with E-state index in [9.17, 15) is 0 Å². The van der Waals surface area contributed by atoms with Crippen LogP contribution in [0.25, 0.3) is 0 Å². The summed E-state index contributed by atoms with van der Waals surface area (Å²) in [5.41, 5.74) is 2.20. The zero-order valence-corrected chi connectivity index (χ0v) is 10.7. The van der Waals surface area contributed by atoms with Crippen molar-refractivity contribution in [1.82, 2.24) is 9.55 Å². The van der Waals surface area contributed by atoms with Crippen LogP contribution in [-0.4, -0.2) is 9.55 Å². The van der Waals surface area contributed by atoms with Gasteiger partial charge in [-0.2, -0.15) is 0 Å². The van der Waals surface area contributed by atoms with E-state index in [1.807, 2.05) is 24.5 Å². The number of hydrogen-bond donors (Lipinski definition) is 1. The molecular weight excluding hydrogens is 242 g/mol. The van der Waals surface area contributed by atoms with Crippen molar-refractivity contribution in [2.75, 3.05) is 0 Å². The first-order chi connectivity index (χ1) is 7.58. The molecule has 2 heterocycles. The number of hydrogen-bond acceptors (Lipinski definition) is 3. The Morgan fingerprint density at radius 2 is 2.19 bits per heavy atom. The van der Waals surface area contributed by atoms with E-state index in [0.717, 1.165) is 11.3 Å². The topological polar surface area (TPSA) is 41.7 Å². The standard InChI is InChI=1S/C11H12ClN3S/c1-7-8(2)16-11(13)15(7)6-9-3-4-10(12)14-5-9/h3-5,13H,6H2,1-2H3. The molecule has 0 atom stereocenters. The van der Waals surface area contributed by atoms with Crippen molar-refractivity contribution in [2.45, 2.75) is 20.4 Å². The number of halogens is 1. The summed E-state index contributed by atoms with van der Waals surface area (Å²) in [7, 11) is 0. The van der Waals surface area contributed by atoms with Crippen LogP contribution in [0.4, 0.5) is 0 Å². The van der Waals surface area contributed by atoms with Gasteiger partial charge in [0.1, 0.15) is 5.15 Å². The summed E-state index contributed by atoms with van der Waals surface area (Å²) in [5.74, 6) is 0. The van der Waals surface area contributed by atoms with Gasteiger partial charge in [-0.1, -0.05) is 17.7 Å². The van der Waals surface area contributed by atoms with Crippen LogP contribution >= 0.6 is 22.9 Å². The first kappa shape index (κ1) is 11.4. The third-order valence-electron chi connectivity index (χ3n) is 2.54. The Morgan fingerprint density at radius 3 is 2.69 bits per heavy atom. The molecule has 0 aliphatic carbocycles. The lowest BCUT2D eigenvalue weighted by atomic mass is 10.3. The molecule has 2 aromatic heterocycles. The van der Waals surface area contributed by atoms with E-state index in [1.54, 1.807) is 12.3 Å². The molecular formula is C11H12ClN3S. The Morgan fingerprint density at radius 1 is 1.44 bits per heavy atom. The monoisotopic (exact) mass is 253 g/mol. The SMILES string of the molecule is Cc1sc(=N)n(Cc2ccc(Cl)nc2)c1C. The van der Waals surface area contributed by atoms with E-state index >= 15 is 0 Å². The van der Waals surface area contributed by atoms with Crippen LogP contribution in [0, 0.1) is 19.3 Å². The van der Waals surface area contributed by atoms with E-state index in [2.05, 4.69) is 4.98 Å². The average molecular weight is 254 g/mol. The van der Waals surface area contributed by atoms with Gasteiger partial charge in [-0.05, 0) is 25.5 Å². The largest absolute Gasteiger partial charge is 0.317 e. The number of aromatic nitrogens is 2. The van der Waals surface area contributed by atoms with Crippen LogP contribution in [0.5, 0.6) is 0 Å². The van der Waals surface area contributed by atoms with Gasteiger partial charge in [-0.15, -0.1) is 11.3 Å². The first-order valence-electron chi connectivity index (χ1n) is 4.90. The summed E-state index contributed by atoms with van der Waals surface area (Å²) in [5, 5.41) is 8.36. The molecule has 0 bridgehead atoms. The summed E-state index contributed by atoms with van der Waals surface area (Å²) < 4.78 is 1.98. The Balaban J connectivity index is 2.34. The van der Waals surface area contributed by atoms with E-state index in [0.29, 0.717) is 16.5 Å². The van der Waals surface area contributed by atoms with Crippen LogP contribution in [-0.2, 0) is 6.54 Å². The number of pyridine rings is 1. The minimum Gasteiger partial charge on any atom is -0.317 e. The zero-order valence-electron chi connectivity index (χ0n) is 9.12. The zero-order chi connectivity index (χ0) is 11.7. The van der Waals surface area contributed by atoms with Crippen molar-refractivity contribution in [3.8, 4) is 0 Å². The third kappa shape index (κ3) is 2.18. The molecule has 0 saturated heterocycles. The molecule has 0 amide bonds. The molecule has 0 aliphatic rings. The van der Waals surface area contributed by atoms with Gasteiger partial charge in [0.25, 0.3) is 0 Å². The van der Waals surface area contributed by atoms with Gasteiger partial charge in [0.2, 0.25) is 0 Å². The van der Waals surface area contributed by atoms with Gasteiger partial charge in [0.15, 0.2) is 4.80 Å². The molecule has 1 N–H and O–H groups in total. The molecule has 3 nitrogen and oxygen atoms in total. The fraction of sp³-hybridized carbons (Fsp3) is 0.273. The second-order valence-electron chi connectivity index (χ2n) is 3.62. The van der Waals surface area contributed by atoms with Gasteiger partial charge in [0.05, 0.1) is 6.54 Å². The molecule has 2 aromatic rings. The highest BCUT2D eigenvalue weighted by atomic mass is 35.5. The second-order valence-corrected chi connectivity index (χ2v) is 5.21. The summed E-state index contributed by atoms with van der Waals surface area (Å²) in [6, 6.07) is 3.71. The summed E-state index contributed by atoms with van der Waals surface area (Å²) >= 11 is 7.23. The van der Waals surface area contributed by atoms with Crippen LogP contribution in [0.15, 0.2) is 18.3 Å². The highest BCUT2D eigenvalue weighted by molar-refractivity contribution is 7.09. The van der Waals surface area contributed by atoms with Crippen LogP contribution < -0.4 is 4.80 Å². The van der Waals surface area contributed by atoms with Gasteiger partial charge >= 0.3 is 0 Å². The van der Waals surface area contributed by atoms with Gasteiger partial charge in [-0.25, -0.2) is 4.98 Å². The quantitative estimate of drug-likeness (QED) is 0.822. The molecule has 0 unspecified atom stereocenters. The number of thiazole rings is 1. The highest BCUT2D eigenvalue weighted by Gasteiger charge is 2.05. The minimum atomic E-state index is 0.498. The summed E-state index contributed by atoms with van der Waals surface area (Å²) in [6.45, 7) is 4.75. The normalized spacial score (nSPS) is 10.7. The minimum absolute atomic E-state index is 0.498. The van der Waals surface area contributed by atoms with Gasteiger partial charge < -0.3 is 4.57 Å². The smallest absolute Gasteiger partial charge is 0.182 e. The fourth-order valence-electron chi connectivity index (χ4n) is 1.49. The highest BCUT2D eigenvalue weighted by Crippen LogP contribution is 2.12. The van der Waals surface area contributed by atoms with Crippen molar-refractivity contribution in [3.63, 3.8) is 0 Å². The van der Waals surface area contributed by atoms with E-state index in [4.69, 9.17) is 17.0 Å². The Kier molecular flexibility index (Phi) is 3.12. The van der Waals surface area contributed by atoms with Gasteiger partial charge in [-0.3, -0.25) is 5.41 Å². The van der Waals surface area contributed by atoms with Crippen LogP contribution in [0.2, 0.25) is 5.15 Å². The van der Waals surface area contributed by atoms with Crippen molar-refractivity contribution in [3.05, 3.63) is 44.4 Å². The Bertz CT molecular complexity index is 554. The molecule has 0 saturated carbocycles. The van der Waals surface area contributed by atoms with Crippen LogP contribution in [0.3, 0.4) is 0 Å². The molecule has 0 spiro atoms. The predicted molar refractivity (Wildman–Crippen MR) is 66.0 cm³/mol. The van der Waals surface area contributed by atoms with E-state index in [-0.39, 0.29) is 0 Å². The maximum Gasteiger partial charge on any atom is 0.182 e. The van der Waals surface area contributed by atoms with Crippen LogP contribution in [0.1, 0.15) is 16.1 Å². The average Bonchev–Trinajstić information content (AvgIpc) is 2.48. The fourth-order valence-corrected chi connectivity index (χ4v) is 2.46. The maximum atomic E-state index is 7.86. The van der Waals surface area contributed by atoms with E-state index in [1.165, 1.54) is 16.2 Å². The molecule has 0 aromatic carbocycles. The maximum absolute atomic E-state index is 7.86.